The number of benzene rings is 2. The fourth-order valence-electron chi connectivity index (χ4n) is 6.98. The molecule has 7 nitrogen and oxygen atoms in total. The number of nitrogens with zero attached hydrogens (tertiary/aromatic N) is 2. The first kappa shape index (κ1) is 33.6. The zero-order chi connectivity index (χ0) is 33.0. The van der Waals surface area contributed by atoms with Crippen LogP contribution in [0, 0.1) is 19.7 Å². The molecular weight excluding hydrogens is 581 g/mol. The molecule has 2 aromatic carbocycles. The van der Waals surface area contributed by atoms with Crippen LogP contribution in [0.3, 0.4) is 0 Å². The van der Waals surface area contributed by atoms with E-state index in [0.717, 1.165) is 80.2 Å². The van der Waals surface area contributed by atoms with E-state index in [1.807, 2.05) is 20.2 Å². The lowest BCUT2D eigenvalue weighted by molar-refractivity contribution is -0.138. The molecule has 0 saturated heterocycles. The van der Waals surface area contributed by atoms with Gasteiger partial charge < -0.3 is 19.9 Å². The van der Waals surface area contributed by atoms with Crippen LogP contribution in [0.2, 0.25) is 0 Å². The van der Waals surface area contributed by atoms with Crippen molar-refractivity contribution >= 4 is 11.9 Å². The SMILES string of the molecule is Cc1cc(C)c2c(c1)CCCCCCC[C@H](n1cc(CCN(C)C)ccc1=O)C(=O)N[C@@H](CC(=O)O)c1cc-2cc(C2CC2)c1F. The Bertz CT molecular complexity index is 1640. The molecule has 0 radical (unpaired) electrons. The van der Waals surface area contributed by atoms with Crippen molar-refractivity contribution in [2.24, 2.45) is 0 Å². The van der Waals surface area contributed by atoms with Gasteiger partial charge in [0.05, 0.1) is 12.5 Å². The highest BCUT2D eigenvalue weighted by molar-refractivity contribution is 5.82. The van der Waals surface area contributed by atoms with Crippen LogP contribution in [0.5, 0.6) is 0 Å². The summed E-state index contributed by atoms with van der Waals surface area (Å²) in [6.07, 6.45) is 9.81. The zero-order valence-corrected chi connectivity index (χ0v) is 27.7. The summed E-state index contributed by atoms with van der Waals surface area (Å²) in [7, 11) is 3.97. The lowest BCUT2D eigenvalue weighted by Crippen LogP contribution is -2.40. The van der Waals surface area contributed by atoms with Gasteiger partial charge in [-0.25, -0.2) is 4.39 Å². The lowest BCUT2D eigenvalue weighted by Gasteiger charge is -2.26. The Labute approximate surface area is 271 Å². The molecule has 246 valence electrons. The van der Waals surface area contributed by atoms with Crippen LogP contribution in [0.1, 0.15) is 109 Å². The van der Waals surface area contributed by atoms with Gasteiger partial charge in [-0.2, -0.15) is 0 Å². The molecule has 2 N–H and O–H groups in total. The Morgan fingerprint density at radius 1 is 0.978 bits per heavy atom. The predicted octanol–water partition coefficient (Wildman–Crippen LogP) is 7.02. The van der Waals surface area contributed by atoms with E-state index in [2.05, 4.69) is 36.2 Å². The number of carboxylic acids is 1. The molecule has 1 aliphatic carbocycles. The zero-order valence-electron chi connectivity index (χ0n) is 27.7. The number of hydrogen-bond donors (Lipinski definition) is 2. The van der Waals surface area contributed by atoms with Crippen molar-refractivity contribution in [1.29, 1.82) is 0 Å². The highest BCUT2D eigenvalue weighted by Crippen LogP contribution is 2.45. The molecule has 1 aromatic heterocycles. The number of likely N-dealkylation sites (N-methyl/N-ethyl adjacent to an activating group) is 1. The number of amides is 1. The minimum atomic E-state index is -1.14. The van der Waals surface area contributed by atoms with Gasteiger partial charge in [-0.1, -0.05) is 49.4 Å². The predicted molar refractivity (Wildman–Crippen MR) is 180 cm³/mol. The van der Waals surface area contributed by atoms with Crippen molar-refractivity contribution in [3.8, 4) is 11.1 Å². The Hall–Kier alpha value is -3.78. The number of rotatable bonds is 7. The number of aliphatic carboxylic acids is 1. The first-order valence-corrected chi connectivity index (χ1v) is 16.8. The second kappa shape index (κ2) is 14.8. The maximum atomic E-state index is 16.4. The summed E-state index contributed by atoms with van der Waals surface area (Å²) in [4.78, 5) is 41.6. The summed E-state index contributed by atoms with van der Waals surface area (Å²) in [5.41, 5.74) is 6.86. The van der Waals surface area contributed by atoms with E-state index < -0.39 is 36.2 Å². The largest absolute Gasteiger partial charge is 0.481 e. The molecule has 2 bridgehead atoms. The van der Waals surface area contributed by atoms with Crippen LogP contribution < -0.4 is 10.9 Å². The topological polar surface area (TPSA) is 91.6 Å². The second-order valence-corrected chi connectivity index (χ2v) is 13.7. The average Bonchev–Trinajstić information content (AvgIpc) is 3.83. The average molecular weight is 630 g/mol. The Kier molecular flexibility index (Phi) is 10.8. The molecule has 0 unspecified atom stereocenters. The molecule has 46 heavy (non-hydrogen) atoms. The third kappa shape index (κ3) is 8.13. The first-order valence-electron chi connectivity index (χ1n) is 16.8. The van der Waals surface area contributed by atoms with Crippen LogP contribution in [-0.4, -0.2) is 47.1 Å². The second-order valence-electron chi connectivity index (χ2n) is 13.7. The van der Waals surface area contributed by atoms with Gasteiger partial charge in [-0.3, -0.25) is 14.4 Å². The molecule has 1 fully saturated rings. The molecule has 2 atom stereocenters. The minimum absolute atomic E-state index is 0.0795. The molecule has 1 aliphatic heterocycles. The number of halogens is 1. The van der Waals surface area contributed by atoms with E-state index in [1.54, 1.807) is 18.3 Å². The quantitative estimate of drug-likeness (QED) is 0.293. The molecule has 2 heterocycles. The van der Waals surface area contributed by atoms with Crippen molar-refractivity contribution in [3.05, 3.63) is 92.1 Å². The van der Waals surface area contributed by atoms with Gasteiger partial charge in [0.1, 0.15) is 11.9 Å². The third-order valence-electron chi connectivity index (χ3n) is 9.48. The highest BCUT2D eigenvalue weighted by atomic mass is 19.1. The van der Waals surface area contributed by atoms with Gasteiger partial charge in [0.25, 0.3) is 5.56 Å². The number of hydrogen-bond acceptors (Lipinski definition) is 4. The van der Waals surface area contributed by atoms with Gasteiger partial charge in [0.2, 0.25) is 5.91 Å². The molecule has 5 rings (SSSR count). The normalized spacial score (nSPS) is 19.5. The third-order valence-corrected chi connectivity index (χ3v) is 9.48. The van der Waals surface area contributed by atoms with E-state index in [9.17, 15) is 19.5 Å². The Balaban J connectivity index is 1.62. The van der Waals surface area contributed by atoms with Crippen molar-refractivity contribution in [2.45, 2.75) is 102 Å². The lowest BCUT2D eigenvalue weighted by atomic mass is 9.86. The van der Waals surface area contributed by atoms with Crippen LogP contribution in [0.25, 0.3) is 11.1 Å². The van der Waals surface area contributed by atoms with Crippen LogP contribution >= 0.6 is 0 Å². The number of carboxylic acid groups (broad SMARTS) is 1. The van der Waals surface area contributed by atoms with Gasteiger partial charge in [-0.15, -0.1) is 0 Å². The van der Waals surface area contributed by atoms with E-state index >= 15 is 4.39 Å². The molecular formula is C38H48FN3O4. The summed E-state index contributed by atoms with van der Waals surface area (Å²) in [6, 6.07) is 9.42. The summed E-state index contributed by atoms with van der Waals surface area (Å²) >= 11 is 0. The van der Waals surface area contributed by atoms with Crippen molar-refractivity contribution in [3.63, 3.8) is 0 Å². The van der Waals surface area contributed by atoms with E-state index in [-0.39, 0.29) is 17.0 Å². The van der Waals surface area contributed by atoms with E-state index in [0.29, 0.717) is 18.4 Å². The number of nitrogens with one attached hydrogen (secondary N) is 1. The number of aryl methyl sites for hydroxylation is 3. The highest BCUT2D eigenvalue weighted by Gasteiger charge is 2.33. The van der Waals surface area contributed by atoms with Gasteiger partial charge in [-0.05, 0) is 118 Å². The number of carbonyl (C=O) groups excluding carboxylic acids is 1. The summed E-state index contributed by atoms with van der Waals surface area (Å²) in [5, 5.41) is 12.9. The van der Waals surface area contributed by atoms with Crippen molar-refractivity contribution < 1.29 is 19.1 Å². The molecule has 8 heteroatoms. The van der Waals surface area contributed by atoms with Crippen LogP contribution in [0.15, 0.2) is 47.4 Å². The fourth-order valence-corrected chi connectivity index (χ4v) is 6.98. The van der Waals surface area contributed by atoms with E-state index in [4.69, 9.17) is 0 Å². The van der Waals surface area contributed by atoms with Crippen LogP contribution in [0.4, 0.5) is 4.39 Å². The van der Waals surface area contributed by atoms with Gasteiger partial charge in [0.15, 0.2) is 0 Å². The van der Waals surface area contributed by atoms with Crippen molar-refractivity contribution in [1.82, 2.24) is 14.8 Å². The van der Waals surface area contributed by atoms with Crippen LogP contribution in [-0.2, 0) is 22.4 Å². The van der Waals surface area contributed by atoms with Gasteiger partial charge >= 0.3 is 5.97 Å². The maximum absolute atomic E-state index is 16.4. The Morgan fingerprint density at radius 3 is 2.41 bits per heavy atom. The first-order chi connectivity index (χ1) is 22.0. The summed E-state index contributed by atoms with van der Waals surface area (Å²) in [6.45, 7) is 4.96. The molecule has 3 aromatic rings. The molecule has 0 spiro atoms. The number of fused-ring (bicyclic) bond motifs is 4. The smallest absolute Gasteiger partial charge is 0.305 e. The monoisotopic (exact) mass is 629 g/mol. The fraction of sp³-hybridized carbons (Fsp3) is 0.500. The number of carbonyl (C=O) groups is 2. The minimum Gasteiger partial charge on any atom is -0.481 e. The van der Waals surface area contributed by atoms with Crippen molar-refractivity contribution in [2.75, 3.05) is 20.6 Å². The van der Waals surface area contributed by atoms with Gasteiger partial charge in [0, 0.05) is 24.4 Å². The molecule has 1 amide bonds. The maximum Gasteiger partial charge on any atom is 0.305 e. The molecule has 2 aliphatic rings. The number of pyridine rings is 1. The Morgan fingerprint density at radius 2 is 1.70 bits per heavy atom. The summed E-state index contributed by atoms with van der Waals surface area (Å²) < 4.78 is 17.9. The number of aromatic nitrogens is 1. The molecule has 1 saturated carbocycles. The summed E-state index contributed by atoms with van der Waals surface area (Å²) in [5.74, 6) is -1.96. The standard InChI is InChI=1S/C38H48FN3O4/c1-24-18-25(2)36-28(19-24)10-8-6-5-7-9-11-33(42-23-26(12-15-34(42)43)16-17-41(3)4)38(46)40-32(22-35(44)45)31-21-29(36)20-30(37(31)39)27-13-14-27/h12,15,18-21,23,27,32-33H,5-11,13-14,16-17,22H2,1-4H3,(H,40,46)(H,44,45)/t32-,33-/m0/s1. The van der Waals surface area contributed by atoms with E-state index in [1.165, 1.54) is 21.8 Å².